The van der Waals surface area contributed by atoms with E-state index < -0.39 is 0 Å². The molecule has 0 radical (unpaired) electrons. The molecule has 5 nitrogen and oxygen atoms in total. The molecular formula is C22H25N3O2S3. The first-order valence-corrected chi connectivity index (χ1v) is 12.9. The second-order valence-electron chi connectivity index (χ2n) is 7.67. The third-order valence-corrected chi connectivity index (χ3v) is 8.01. The minimum Gasteiger partial charge on any atom is -0.369 e. The smallest absolute Gasteiger partial charge is 0.234 e. The molecule has 3 aromatic rings. The van der Waals surface area contributed by atoms with Crippen molar-refractivity contribution >= 4 is 56.7 Å². The van der Waals surface area contributed by atoms with Crippen LogP contribution in [0.3, 0.4) is 0 Å². The summed E-state index contributed by atoms with van der Waals surface area (Å²) in [6, 6.07) is 7.83. The summed E-state index contributed by atoms with van der Waals surface area (Å²) in [5.74, 6) is 0.270. The molecule has 1 amide bonds. The van der Waals surface area contributed by atoms with Crippen LogP contribution in [0.25, 0.3) is 10.2 Å². The first kappa shape index (κ1) is 21.6. The Hall–Kier alpha value is -1.61. The van der Waals surface area contributed by atoms with Crippen LogP contribution in [0.2, 0.25) is 0 Å². The minimum atomic E-state index is -0.163. The van der Waals surface area contributed by atoms with Gasteiger partial charge in [0, 0.05) is 22.4 Å². The van der Waals surface area contributed by atoms with Gasteiger partial charge in [0.2, 0.25) is 5.91 Å². The summed E-state index contributed by atoms with van der Waals surface area (Å²) in [5, 5.41) is 5.70. The number of carbonyl (C=O) groups is 1. The highest BCUT2D eigenvalue weighted by Gasteiger charge is 2.33. The number of hydrogen-bond acceptors (Lipinski definition) is 7. The third kappa shape index (κ3) is 4.51. The number of thioether (sulfide) groups is 2. The highest BCUT2D eigenvalue weighted by Crippen LogP contribution is 2.43. The fourth-order valence-corrected chi connectivity index (χ4v) is 5.91. The van der Waals surface area contributed by atoms with Crippen LogP contribution in [0.5, 0.6) is 0 Å². The predicted molar refractivity (Wildman–Crippen MR) is 127 cm³/mol. The molecule has 4 rings (SSSR count). The van der Waals surface area contributed by atoms with Gasteiger partial charge in [0.25, 0.3) is 0 Å². The number of nitrogens with one attached hydrogen (secondary N) is 1. The molecule has 158 valence electrons. The van der Waals surface area contributed by atoms with Gasteiger partial charge in [-0.1, -0.05) is 48.1 Å². The molecule has 1 atom stereocenters. The quantitative estimate of drug-likeness (QED) is 0.290. The topological polar surface area (TPSA) is 64.1 Å². The lowest BCUT2D eigenvalue weighted by Crippen LogP contribution is -2.33. The highest BCUT2D eigenvalue weighted by molar-refractivity contribution is 8.00. The zero-order chi connectivity index (χ0) is 21.3. The van der Waals surface area contributed by atoms with Crippen LogP contribution in [0.15, 0.2) is 34.4 Å². The number of hydrogen-bond donors (Lipinski definition) is 1. The summed E-state index contributed by atoms with van der Waals surface area (Å²) in [6.45, 7) is 6.97. The van der Waals surface area contributed by atoms with Crippen LogP contribution >= 0.6 is 34.9 Å². The number of thiophene rings is 1. The summed E-state index contributed by atoms with van der Waals surface area (Å²) >= 11 is 4.70. The van der Waals surface area contributed by atoms with Gasteiger partial charge in [-0.3, -0.25) is 4.79 Å². The van der Waals surface area contributed by atoms with Crippen molar-refractivity contribution in [3.63, 3.8) is 0 Å². The van der Waals surface area contributed by atoms with Crippen molar-refractivity contribution in [2.45, 2.75) is 56.0 Å². The van der Waals surface area contributed by atoms with Crippen molar-refractivity contribution < 1.29 is 9.53 Å². The van der Waals surface area contributed by atoms with Crippen molar-refractivity contribution in [3.8, 4) is 0 Å². The van der Waals surface area contributed by atoms with E-state index in [1.807, 2.05) is 37.4 Å². The lowest BCUT2D eigenvalue weighted by molar-refractivity contribution is -0.113. The van der Waals surface area contributed by atoms with Crippen LogP contribution in [0.4, 0.5) is 5.69 Å². The molecule has 0 saturated heterocycles. The lowest BCUT2D eigenvalue weighted by Gasteiger charge is -2.33. The highest BCUT2D eigenvalue weighted by atomic mass is 32.2. The molecule has 8 heteroatoms. The zero-order valence-electron chi connectivity index (χ0n) is 17.6. The monoisotopic (exact) mass is 459 g/mol. The predicted octanol–water partition coefficient (Wildman–Crippen LogP) is 5.69. The van der Waals surface area contributed by atoms with Gasteiger partial charge in [0.1, 0.15) is 9.86 Å². The average Bonchev–Trinajstić information content (AvgIpc) is 3.11. The number of anilines is 1. The fraction of sp³-hybridized carbons (Fsp3) is 0.409. The number of aromatic nitrogens is 2. The summed E-state index contributed by atoms with van der Waals surface area (Å²) in [4.78, 5) is 24.3. The van der Waals surface area contributed by atoms with Crippen molar-refractivity contribution in [2.24, 2.45) is 0 Å². The molecule has 0 fully saturated rings. The van der Waals surface area contributed by atoms with Crippen LogP contribution in [0.1, 0.15) is 36.3 Å². The maximum Gasteiger partial charge on any atom is 0.234 e. The molecule has 0 unspecified atom stereocenters. The molecule has 0 bridgehead atoms. The van der Waals surface area contributed by atoms with E-state index in [-0.39, 0.29) is 11.5 Å². The molecule has 30 heavy (non-hydrogen) atoms. The number of nitrogens with zero attached hydrogens (tertiary/aromatic N) is 2. The Labute approximate surface area is 189 Å². The number of amides is 1. The SMILES string of the molecule is CC[C@]1(C)Cc2c(sc3nc(SC)nc(SCC(=O)Nc4ccc(C)cc4)c23)CO1. The molecule has 1 aliphatic heterocycles. The number of fused-ring (bicyclic) bond motifs is 3. The van der Waals surface area contributed by atoms with Gasteiger partial charge in [0.15, 0.2) is 5.16 Å². The molecule has 3 heterocycles. The maximum atomic E-state index is 12.5. The molecule has 2 aromatic heterocycles. The van der Waals surface area contributed by atoms with E-state index in [2.05, 4.69) is 19.2 Å². The van der Waals surface area contributed by atoms with E-state index in [4.69, 9.17) is 14.7 Å². The van der Waals surface area contributed by atoms with Crippen LogP contribution < -0.4 is 5.32 Å². The Kier molecular flexibility index (Phi) is 6.39. The minimum absolute atomic E-state index is 0.0351. The van der Waals surface area contributed by atoms with E-state index in [0.717, 1.165) is 38.9 Å². The van der Waals surface area contributed by atoms with Crippen molar-refractivity contribution in [1.29, 1.82) is 0 Å². The fourth-order valence-electron chi connectivity index (χ4n) is 3.41. The molecule has 1 aliphatic rings. The van der Waals surface area contributed by atoms with Crippen molar-refractivity contribution in [3.05, 3.63) is 40.3 Å². The Bertz CT molecular complexity index is 1080. The summed E-state index contributed by atoms with van der Waals surface area (Å²) in [5.41, 5.74) is 3.11. The van der Waals surface area contributed by atoms with Gasteiger partial charge in [-0.25, -0.2) is 9.97 Å². The number of ether oxygens (including phenoxy) is 1. The Balaban J connectivity index is 1.60. The second kappa shape index (κ2) is 8.86. The van der Waals surface area contributed by atoms with Crippen molar-refractivity contribution in [2.75, 3.05) is 17.3 Å². The van der Waals surface area contributed by atoms with Gasteiger partial charge in [-0.15, -0.1) is 11.3 Å². The average molecular weight is 460 g/mol. The third-order valence-electron chi connectivity index (χ3n) is 5.39. The summed E-state index contributed by atoms with van der Waals surface area (Å²) in [6.07, 6.45) is 3.78. The van der Waals surface area contributed by atoms with Gasteiger partial charge >= 0.3 is 0 Å². The largest absolute Gasteiger partial charge is 0.369 e. The lowest BCUT2D eigenvalue weighted by atomic mass is 9.90. The van der Waals surface area contributed by atoms with E-state index in [9.17, 15) is 4.79 Å². The van der Waals surface area contributed by atoms with E-state index >= 15 is 0 Å². The maximum absolute atomic E-state index is 12.5. The van der Waals surface area contributed by atoms with Gasteiger partial charge in [-0.2, -0.15) is 0 Å². The Morgan fingerprint density at radius 1 is 1.30 bits per heavy atom. The zero-order valence-corrected chi connectivity index (χ0v) is 20.0. The van der Waals surface area contributed by atoms with Gasteiger partial charge in [-0.05, 0) is 44.2 Å². The second-order valence-corrected chi connectivity index (χ2v) is 10.5. The van der Waals surface area contributed by atoms with Crippen LogP contribution in [0, 0.1) is 6.92 Å². The van der Waals surface area contributed by atoms with E-state index in [1.165, 1.54) is 39.5 Å². The molecule has 0 aliphatic carbocycles. The van der Waals surface area contributed by atoms with E-state index in [1.54, 1.807) is 11.3 Å². The van der Waals surface area contributed by atoms with Crippen molar-refractivity contribution in [1.82, 2.24) is 9.97 Å². The Morgan fingerprint density at radius 3 is 2.77 bits per heavy atom. The first-order chi connectivity index (χ1) is 14.4. The number of carbonyl (C=O) groups excluding carboxylic acids is 1. The normalized spacial score (nSPS) is 18.4. The van der Waals surface area contributed by atoms with Crippen LogP contribution in [-0.2, 0) is 22.6 Å². The summed E-state index contributed by atoms with van der Waals surface area (Å²) in [7, 11) is 0. The first-order valence-electron chi connectivity index (χ1n) is 9.90. The molecule has 0 spiro atoms. The molecular weight excluding hydrogens is 434 g/mol. The van der Waals surface area contributed by atoms with Crippen LogP contribution in [-0.4, -0.2) is 33.5 Å². The molecule has 0 saturated carbocycles. The van der Waals surface area contributed by atoms with Gasteiger partial charge in [0.05, 0.1) is 18.0 Å². The molecule has 1 aromatic carbocycles. The number of rotatable bonds is 6. The standard InChI is InChI=1S/C22H25N3O2S3/c1-5-22(3)10-15-16(11-27-22)30-20-18(15)19(24-21(25-20)28-4)29-12-17(26)23-14-8-6-13(2)7-9-14/h6-9H,5,10-12H2,1-4H3,(H,23,26)/t22-/m1/s1. The van der Waals surface area contributed by atoms with Gasteiger partial charge < -0.3 is 10.1 Å². The number of benzene rings is 1. The Morgan fingerprint density at radius 2 is 2.07 bits per heavy atom. The van der Waals surface area contributed by atoms with E-state index in [0.29, 0.717) is 12.4 Å². The number of aryl methyl sites for hydroxylation is 1. The summed E-state index contributed by atoms with van der Waals surface area (Å²) < 4.78 is 6.13. The molecule has 1 N–H and O–H groups in total.